The summed E-state index contributed by atoms with van der Waals surface area (Å²) in [5.74, 6) is 0.397. The van der Waals surface area contributed by atoms with E-state index >= 15 is 0 Å². The van der Waals surface area contributed by atoms with Gasteiger partial charge in [-0.1, -0.05) is 12.1 Å². The molecule has 1 aromatic carbocycles. The van der Waals surface area contributed by atoms with Crippen LogP contribution < -0.4 is 10.1 Å². The quantitative estimate of drug-likeness (QED) is 0.817. The van der Waals surface area contributed by atoms with Gasteiger partial charge in [-0.2, -0.15) is 4.31 Å². The average Bonchev–Trinajstić information content (AvgIpc) is 2.88. The van der Waals surface area contributed by atoms with Crippen LogP contribution in [-0.2, 0) is 10.0 Å². The minimum absolute atomic E-state index is 0.144. The molecule has 3 rings (SSSR count). The number of nitrogens with zero attached hydrogens (tertiary/aromatic N) is 3. The van der Waals surface area contributed by atoms with Crippen LogP contribution >= 0.6 is 0 Å². The fourth-order valence-corrected chi connectivity index (χ4v) is 5.50. The van der Waals surface area contributed by atoms with E-state index in [0.717, 1.165) is 0 Å². The number of likely N-dealkylation sites (N-methyl/N-ethyl adjacent to an activating group) is 1. The van der Waals surface area contributed by atoms with E-state index in [1.54, 1.807) is 40.5 Å². The molecule has 0 aromatic heterocycles. The molecule has 150 valence electrons. The monoisotopic (exact) mass is 396 g/mol. The van der Waals surface area contributed by atoms with Crippen LogP contribution in [0.3, 0.4) is 0 Å². The molecule has 1 aromatic rings. The third kappa shape index (κ3) is 4.04. The van der Waals surface area contributed by atoms with E-state index in [-0.39, 0.29) is 23.1 Å². The number of sulfonamides is 1. The highest BCUT2D eigenvalue weighted by atomic mass is 32.2. The molecule has 8 nitrogen and oxygen atoms in total. The van der Waals surface area contributed by atoms with Crippen LogP contribution in [0.2, 0.25) is 0 Å². The zero-order chi connectivity index (χ0) is 19.6. The van der Waals surface area contributed by atoms with Gasteiger partial charge >= 0.3 is 6.03 Å². The van der Waals surface area contributed by atoms with E-state index in [1.807, 2.05) is 19.0 Å². The number of carbonyl (C=O) groups excluding carboxylic acids is 1. The van der Waals surface area contributed by atoms with Crippen LogP contribution in [0.5, 0.6) is 5.75 Å². The molecule has 0 saturated carbocycles. The summed E-state index contributed by atoms with van der Waals surface area (Å²) in [5.41, 5.74) is 0. The molecule has 1 fully saturated rings. The lowest BCUT2D eigenvalue weighted by Crippen LogP contribution is -2.49. The van der Waals surface area contributed by atoms with Gasteiger partial charge in [0.15, 0.2) is 0 Å². The third-order valence-electron chi connectivity index (χ3n) is 5.16. The number of para-hydroxylation sites is 1. The highest BCUT2D eigenvalue weighted by molar-refractivity contribution is 7.89. The van der Waals surface area contributed by atoms with Crippen molar-refractivity contribution in [2.24, 2.45) is 0 Å². The molecule has 0 bridgehead atoms. The molecule has 2 atom stereocenters. The van der Waals surface area contributed by atoms with Crippen LogP contribution in [-0.4, -0.2) is 88.0 Å². The molecule has 0 spiro atoms. The van der Waals surface area contributed by atoms with Crippen molar-refractivity contribution in [3.8, 4) is 5.75 Å². The standard InChI is InChI=1S/C18H28N4O4S/c1-19-18(23)21-10-8-14-15(9-11-21)26-16-6-4-5-7-17(16)27(24,25)22(14)13-12-20(2)3/h4-7,14-15H,8-13H2,1-3H3,(H,19,23)/t14-,15-/m0/s1. The van der Waals surface area contributed by atoms with Gasteiger partial charge in [-0.25, -0.2) is 13.2 Å². The lowest BCUT2D eigenvalue weighted by atomic mass is 10.1. The first-order valence-electron chi connectivity index (χ1n) is 9.23. The molecule has 0 unspecified atom stereocenters. The zero-order valence-corrected chi connectivity index (χ0v) is 16.9. The molecule has 27 heavy (non-hydrogen) atoms. The first kappa shape index (κ1) is 19.9. The molecule has 1 N–H and O–H groups in total. The Morgan fingerprint density at radius 2 is 1.96 bits per heavy atom. The Morgan fingerprint density at radius 3 is 2.67 bits per heavy atom. The summed E-state index contributed by atoms with van der Waals surface area (Å²) in [4.78, 5) is 16.0. The number of amides is 2. The van der Waals surface area contributed by atoms with E-state index < -0.39 is 10.0 Å². The lowest BCUT2D eigenvalue weighted by molar-refractivity contribution is 0.110. The summed E-state index contributed by atoms with van der Waals surface area (Å²) in [6.07, 6.45) is 0.833. The number of rotatable bonds is 3. The predicted octanol–water partition coefficient (Wildman–Crippen LogP) is 0.804. The second-order valence-electron chi connectivity index (χ2n) is 7.21. The highest BCUT2D eigenvalue weighted by Gasteiger charge is 2.43. The second kappa shape index (κ2) is 8.04. The highest BCUT2D eigenvalue weighted by Crippen LogP contribution is 2.36. The Bertz CT molecular complexity index is 783. The molecule has 2 heterocycles. The third-order valence-corrected chi connectivity index (χ3v) is 7.12. The van der Waals surface area contributed by atoms with Gasteiger partial charge < -0.3 is 19.9 Å². The summed E-state index contributed by atoms with van der Waals surface area (Å²) >= 11 is 0. The van der Waals surface area contributed by atoms with Crippen molar-refractivity contribution >= 4 is 16.1 Å². The van der Waals surface area contributed by atoms with Crippen molar-refractivity contribution < 1.29 is 17.9 Å². The summed E-state index contributed by atoms with van der Waals surface area (Å²) in [6.45, 7) is 2.02. The number of fused-ring (bicyclic) bond motifs is 2. The summed E-state index contributed by atoms with van der Waals surface area (Å²) in [6, 6.07) is 6.37. The summed E-state index contributed by atoms with van der Waals surface area (Å²) in [5, 5.41) is 2.65. The van der Waals surface area contributed by atoms with E-state index in [4.69, 9.17) is 4.74 Å². The summed E-state index contributed by atoms with van der Waals surface area (Å²) in [7, 11) is 1.77. The molecule has 0 aliphatic carbocycles. The Hall–Kier alpha value is -1.84. The fraction of sp³-hybridized carbons (Fsp3) is 0.611. The molecule has 0 radical (unpaired) electrons. The number of benzene rings is 1. The van der Waals surface area contributed by atoms with Gasteiger partial charge in [0.25, 0.3) is 0 Å². The number of hydrogen-bond donors (Lipinski definition) is 1. The number of hydrogen-bond acceptors (Lipinski definition) is 5. The van der Waals surface area contributed by atoms with Crippen molar-refractivity contribution in [3.05, 3.63) is 24.3 Å². The summed E-state index contributed by atoms with van der Waals surface area (Å²) < 4.78 is 34.6. The van der Waals surface area contributed by atoms with Crippen LogP contribution in [0.25, 0.3) is 0 Å². The molecule has 9 heteroatoms. The number of ether oxygens (including phenoxy) is 1. The first-order valence-corrected chi connectivity index (χ1v) is 10.7. The van der Waals surface area contributed by atoms with E-state index in [0.29, 0.717) is 44.8 Å². The van der Waals surface area contributed by atoms with Gasteiger partial charge in [0, 0.05) is 39.6 Å². The largest absolute Gasteiger partial charge is 0.487 e. The Balaban J connectivity index is 1.98. The minimum atomic E-state index is -3.68. The number of likely N-dealkylation sites (tertiary alicyclic amines) is 1. The van der Waals surface area contributed by atoms with Crippen molar-refractivity contribution in [2.75, 3.05) is 47.3 Å². The topological polar surface area (TPSA) is 82.2 Å². The van der Waals surface area contributed by atoms with Crippen LogP contribution in [0.1, 0.15) is 12.8 Å². The number of nitrogens with one attached hydrogen (secondary N) is 1. The Kier molecular flexibility index (Phi) is 5.92. The molecule has 1 saturated heterocycles. The Labute approximate surface area is 161 Å². The minimum Gasteiger partial charge on any atom is -0.487 e. The predicted molar refractivity (Wildman–Crippen MR) is 102 cm³/mol. The van der Waals surface area contributed by atoms with Gasteiger partial charge in [0.1, 0.15) is 16.7 Å². The smallest absolute Gasteiger partial charge is 0.317 e. The number of urea groups is 1. The van der Waals surface area contributed by atoms with Crippen LogP contribution in [0.4, 0.5) is 4.79 Å². The first-order chi connectivity index (χ1) is 12.8. The maximum absolute atomic E-state index is 13.4. The second-order valence-corrected chi connectivity index (χ2v) is 9.07. The SMILES string of the molecule is CNC(=O)N1CC[C@@H]2Oc3ccccc3S(=O)(=O)N(CCN(C)C)[C@H]2CC1. The van der Waals surface area contributed by atoms with Gasteiger partial charge in [0.05, 0.1) is 6.04 Å². The Morgan fingerprint density at radius 1 is 1.26 bits per heavy atom. The fourth-order valence-electron chi connectivity index (χ4n) is 3.70. The van der Waals surface area contributed by atoms with Gasteiger partial charge in [0.2, 0.25) is 10.0 Å². The van der Waals surface area contributed by atoms with Gasteiger partial charge in [-0.3, -0.25) is 0 Å². The van der Waals surface area contributed by atoms with Crippen molar-refractivity contribution in [1.82, 2.24) is 19.4 Å². The van der Waals surface area contributed by atoms with Crippen LogP contribution in [0.15, 0.2) is 29.2 Å². The van der Waals surface area contributed by atoms with Gasteiger partial charge in [-0.05, 0) is 32.6 Å². The molecule has 2 aliphatic heterocycles. The van der Waals surface area contributed by atoms with E-state index in [9.17, 15) is 13.2 Å². The lowest BCUT2D eigenvalue weighted by Gasteiger charge is -2.32. The van der Waals surface area contributed by atoms with Crippen molar-refractivity contribution in [1.29, 1.82) is 0 Å². The molecule has 2 amide bonds. The normalized spacial score (nSPS) is 25.0. The van der Waals surface area contributed by atoms with E-state index in [2.05, 4.69) is 5.32 Å². The maximum Gasteiger partial charge on any atom is 0.317 e. The molecular formula is C18H28N4O4S. The maximum atomic E-state index is 13.4. The van der Waals surface area contributed by atoms with Crippen LogP contribution in [0, 0.1) is 0 Å². The molecule has 2 aliphatic rings. The number of carbonyl (C=O) groups is 1. The van der Waals surface area contributed by atoms with E-state index in [1.165, 1.54) is 0 Å². The van der Waals surface area contributed by atoms with Crippen molar-refractivity contribution in [2.45, 2.75) is 29.9 Å². The van der Waals surface area contributed by atoms with Crippen molar-refractivity contribution in [3.63, 3.8) is 0 Å². The molecular weight excluding hydrogens is 368 g/mol. The average molecular weight is 397 g/mol. The zero-order valence-electron chi connectivity index (χ0n) is 16.1. The van der Waals surface area contributed by atoms with Gasteiger partial charge in [-0.15, -0.1) is 0 Å².